The number of hydrogen-bond acceptors (Lipinski definition) is 3. The molecule has 1 aromatic heterocycles. The van der Waals surface area contributed by atoms with Gasteiger partial charge in [-0.05, 0) is 40.5 Å². The van der Waals surface area contributed by atoms with Gasteiger partial charge in [0.1, 0.15) is 0 Å². The molecule has 0 radical (unpaired) electrons. The van der Waals surface area contributed by atoms with Crippen LogP contribution in [0.25, 0.3) is 0 Å². The maximum absolute atomic E-state index is 12.1. The Morgan fingerprint density at radius 1 is 1.29 bits per heavy atom. The number of ketones is 1. The Hall–Kier alpha value is -0.970. The average molecular weight is 310 g/mol. The van der Waals surface area contributed by atoms with Crippen molar-refractivity contribution < 1.29 is 4.79 Å². The number of hydrogen-bond donors (Lipinski definition) is 1. The van der Waals surface area contributed by atoms with Gasteiger partial charge in [0.05, 0.1) is 4.88 Å². The Labute approximate surface area is 113 Å². The van der Waals surface area contributed by atoms with Crippen molar-refractivity contribution in [1.29, 1.82) is 0 Å². The topological polar surface area (TPSA) is 43.1 Å². The first-order valence-corrected chi connectivity index (χ1v) is 6.95. The van der Waals surface area contributed by atoms with E-state index >= 15 is 0 Å². The van der Waals surface area contributed by atoms with Crippen molar-refractivity contribution in [3.8, 4) is 0 Å². The summed E-state index contributed by atoms with van der Waals surface area (Å²) in [6.45, 7) is 0.630. The van der Waals surface area contributed by atoms with Crippen LogP contribution < -0.4 is 5.73 Å². The molecular weight excluding hydrogens is 298 g/mol. The fraction of sp³-hybridized carbons (Fsp3) is 0.154. The largest absolute Gasteiger partial charge is 0.330 e. The molecule has 88 valence electrons. The van der Waals surface area contributed by atoms with E-state index in [0.717, 1.165) is 26.9 Å². The van der Waals surface area contributed by atoms with Crippen molar-refractivity contribution in [3.63, 3.8) is 0 Å². The quantitative estimate of drug-likeness (QED) is 0.881. The highest BCUT2D eigenvalue weighted by Crippen LogP contribution is 2.22. The van der Waals surface area contributed by atoms with Gasteiger partial charge in [-0.1, -0.05) is 24.3 Å². The van der Waals surface area contributed by atoms with Crippen LogP contribution in [-0.4, -0.2) is 12.3 Å². The Kier molecular flexibility index (Phi) is 4.10. The SMILES string of the molecule is NCCc1ccc(C(=O)c2cc(Br)cs2)cc1. The van der Waals surface area contributed by atoms with E-state index in [9.17, 15) is 4.79 Å². The molecule has 4 heteroatoms. The van der Waals surface area contributed by atoms with Gasteiger partial charge in [-0.2, -0.15) is 0 Å². The molecular formula is C13H12BrNOS. The van der Waals surface area contributed by atoms with Gasteiger partial charge in [0.15, 0.2) is 0 Å². The van der Waals surface area contributed by atoms with E-state index < -0.39 is 0 Å². The standard InChI is InChI=1S/C13H12BrNOS/c14-11-7-12(17-8-11)13(16)10-3-1-9(2-4-10)5-6-15/h1-4,7-8H,5-6,15H2. The van der Waals surface area contributed by atoms with Crippen LogP contribution in [0, 0.1) is 0 Å². The Balaban J connectivity index is 2.20. The molecule has 2 rings (SSSR count). The van der Waals surface area contributed by atoms with Crippen molar-refractivity contribution in [1.82, 2.24) is 0 Å². The lowest BCUT2D eigenvalue weighted by molar-refractivity contribution is 0.104. The zero-order chi connectivity index (χ0) is 12.3. The van der Waals surface area contributed by atoms with Gasteiger partial charge in [-0.15, -0.1) is 11.3 Å². The summed E-state index contributed by atoms with van der Waals surface area (Å²) in [6, 6.07) is 9.49. The maximum atomic E-state index is 12.1. The van der Waals surface area contributed by atoms with E-state index in [1.165, 1.54) is 11.3 Å². The molecule has 17 heavy (non-hydrogen) atoms. The smallest absolute Gasteiger partial charge is 0.202 e. The van der Waals surface area contributed by atoms with E-state index in [1.807, 2.05) is 35.7 Å². The van der Waals surface area contributed by atoms with Gasteiger partial charge in [0, 0.05) is 15.4 Å². The fourth-order valence-corrected chi connectivity index (χ4v) is 2.95. The van der Waals surface area contributed by atoms with Crippen molar-refractivity contribution in [3.05, 3.63) is 56.2 Å². The maximum Gasteiger partial charge on any atom is 0.202 e. The molecule has 0 bridgehead atoms. The highest BCUT2D eigenvalue weighted by atomic mass is 79.9. The zero-order valence-electron chi connectivity index (χ0n) is 9.15. The minimum absolute atomic E-state index is 0.0694. The summed E-state index contributed by atoms with van der Waals surface area (Å²) in [4.78, 5) is 12.8. The third-order valence-electron chi connectivity index (χ3n) is 2.44. The molecule has 0 aliphatic heterocycles. The van der Waals surface area contributed by atoms with Crippen LogP contribution in [0.5, 0.6) is 0 Å². The number of thiophene rings is 1. The molecule has 2 aromatic rings. The molecule has 0 saturated carbocycles. The molecule has 0 saturated heterocycles. The lowest BCUT2D eigenvalue weighted by Crippen LogP contribution is -2.03. The minimum atomic E-state index is 0.0694. The lowest BCUT2D eigenvalue weighted by atomic mass is 10.1. The summed E-state index contributed by atoms with van der Waals surface area (Å²) in [5.74, 6) is 0.0694. The molecule has 2 N–H and O–H groups in total. The second kappa shape index (κ2) is 5.58. The second-order valence-corrected chi connectivity index (χ2v) is 5.52. The number of rotatable bonds is 4. The fourth-order valence-electron chi connectivity index (χ4n) is 1.56. The number of halogens is 1. The summed E-state index contributed by atoms with van der Waals surface area (Å²) in [7, 11) is 0. The van der Waals surface area contributed by atoms with Gasteiger partial charge >= 0.3 is 0 Å². The Bertz CT molecular complexity index is 518. The van der Waals surface area contributed by atoms with Gasteiger partial charge < -0.3 is 5.73 Å². The normalized spacial score (nSPS) is 10.5. The number of carbonyl (C=O) groups is 1. The van der Waals surface area contributed by atoms with Crippen molar-refractivity contribution >= 4 is 33.0 Å². The van der Waals surface area contributed by atoms with Gasteiger partial charge in [0.25, 0.3) is 0 Å². The third kappa shape index (κ3) is 3.03. The highest BCUT2D eigenvalue weighted by Gasteiger charge is 2.10. The highest BCUT2D eigenvalue weighted by molar-refractivity contribution is 9.10. The molecule has 0 fully saturated rings. The summed E-state index contributed by atoms with van der Waals surface area (Å²) in [5.41, 5.74) is 7.37. The van der Waals surface area contributed by atoms with Crippen LogP contribution in [-0.2, 0) is 6.42 Å². The van der Waals surface area contributed by atoms with Crippen molar-refractivity contribution in [2.45, 2.75) is 6.42 Å². The Morgan fingerprint density at radius 2 is 2.00 bits per heavy atom. The first kappa shape index (κ1) is 12.5. The van der Waals surface area contributed by atoms with Crippen LogP contribution in [0.1, 0.15) is 20.8 Å². The average Bonchev–Trinajstić information content (AvgIpc) is 2.76. The van der Waals surface area contributed by atoms with E-state index in [4.69, 9.17) is 5.73 Å². The van der Waals surface area contributed by atoms with Crippen molar-refractivity contribution in [2.75, 3.05) is 6.54 Å². The predicted octanol–water partition coefficient (Wildman–Crippen LogP) is 3.24. The Morgan fingerprint density at radius 3 is 2.53 bits per heavy atom. The number of nitrogens with two attached hydrogens (primary N) is 1. The van der Waals surface area contributed by atoms with Crippen LogP contribution in [0.2, 0.25) is 0 Å². The number of carbonyl (C=O) groups excluding carboxylic acids is 1. The molecule has 0 unspecified atom stereocenters. The van der Waals surface area contributed by atoms with E-state index in [1.54, 1.807) is 0 Å². The molecule has 0 aliphatic carbocycles. The van der Waals surface area contributed by atoms with Gasteiger partial charge in [-0.25, -0.2) is 0 Å². The molecule has 0 spiro atoms. The van der Waals surface area contributed by atoms with E-state index in [0.29, 0.717) is 6.54 Å². The predicted molar refractivity (Wildman–Crippen MR) is 74.7 cm³/mol. The molecule has 2 nitrogen and oxygen atoms in total. The van der Waals surface area contributed by atoms with Crippen molar-refractivity contribution in [2.24, 2.45) is 5.73 Å². The lowest BCUT2D eigenvalue weighted by Gasteiger charge is -2.01. The number of benzene rings is 1. The van der Waals surface area contributed by atoms with Gasteiger partial charge in [-0.3, -0.25) is 4.79 Å². The first-order chi connectivity index (χ1) is 8.20. The minimum Gasteiger partial charge on any atom is -0.330 e. The molecule has 1 heterocycles. The van der Waals surface area contributed by atoms with Crippen LogP contribution in [0.3, 0.4) is 0 Å². The van der Waals surface area contributed by atoms with Gasteiger partial charge in [0.2, 0.25) is 5.78 Å². The molecule has 0 atom stereocenters. The molecule has 1 aromatic carbocycles. The third-order valence-corrected chi connectivity index (χ3v) is 4.13. The summed E-state index contributed by atoms with van der Waals surface area (Å²) >= 11 is 4.80. The monoisotopic (exact) mass is 309 g/mol. The van der Waals surface area contributed by atoms with Crippen LogP contribution >= 0.6 is 27.3 Å². The zero-order valence-corrected chi connectivity index (χ0v) is 11.6. The first-order valence-electron chi connectivity index (χ1n) is 5.28. The van der Waals surface area contributed by atoms with Crippen LogP contribution in [0.4, 0.5) is 0 Å². The molecule has 0 aliphatic rings. The van der Waals surface area contributed by atoms with E-state index in [2.05, 4.69) is 15.9 Å². The second-order valence-electron chi connectivity index (χ2n) is 3.69. The summed E-state index contributed by atoms with van der Waals surface area (Å²) < 4.78 is 0.950. The van der Waals surface area contributed by atoms with E-state index in [-0.39, 0.29) is 5.78 Å². The van der Waals surface area contributed by atoms with Crippen LogP contribution in [0.15, 0.2) is 40.2 Å². The summed E-state index contributed by atoms with van der Waals surface area (Å²) in [5, 5.41) is 1.91. The summed E-state index contributed by atoms with van der Waals surface area (Å²) in [6.07, 6.45) is 0.846. The molecule has 0 amide bonds.